The van der Waals surface area contributed by atoms with Crippen molar-refractivity contribution in [1.82, 2.24) is 9.88 Å². The number of nitrogens with one attached hydrogen (secondary N) is 1. The lowest BCUT2D eigenvalue weighted by Crippen LogP contribution is -2.41. The Kier molecular flexibility index (Phi) is 5.20. The third-order valence-electron chi connectivity index (χ3n) is 3.60. The maximum atomic E-state index is 12.0. The average molecular weight is 302 g/mol. The number of carbonyl (C=O) groups is 2. The molecule has 0 saturated heterocycles. The van der Waals surface area contributed by atoms with Crippen LogP contribution >= 0.6 is 0 Å². The Balaban J connectivity index is 1.93. The lowest BCUT2D eigenvalue weighted by molar-refractivity contribution is -0.142. The van der Waals surface area contributed by atoms with Crippen LogP contribution in [0.1, 0.15) is 26.7 Å². The van der Waals surface area contributed by atoms with Gasteiger partial charge in [-0.2, -0.15) is 0 Å². The first-order valence-corrected chi connectivity index (χ1v) is 7.53. The van der Waals surface area contributed by atoms with Gasteiger partial charge in [-0.15, -0.1) is 0 Å². The summed E-state index contributed by atoms with van der Waals surface area (Å²) in [4.78, 5) is 23.1. The number of fused-ring (bicyclic) bond motifs is 1. The third kappa shape index (κ3) is 4.10. The van der Waals surface area contributed by atoms with E-state index in [1.54, 1.807) is 0 Å². The molecule has 0 bridgehead atoms. The van der Waals surface area contributed by atoms with Crippen LogP contribution in [0.25, 0.3) is 10.9 Å². The minimum Gasteiger partial charge on any atom is -0.480 e. The first kappa shape index (κ1) is 16.1. The van der Waals surface area contributed by atoms with Gasteiger partial charge in [0, 0.05) is 24.7 Å². The number of carbonyl (C=O) groups excluding carboxylic acids is 1. The van der Waals surface area contributed by atoms with Gasteiger partial charge in [0.05, 0.1) is 0 Å². The molecule has 0 saturated carbocycles. The van der Waals surface area contributed by atoms with Crippen LogP contribution in [0.3, 0.4) is 0 Å². The van der Waals surface area contributed by atoms with E-state index in [4.69, 9.17) is 5.11 Å². The molecule has 0 radical (unpaired) electrons. The van der Waals surface area contributed by atoms with E-state index in [1.807, 2.05) is 54.9 Å². The van der Waals surface area contributed by atoms with Crippen LogP contribution in [0.5, 0.6) is 0 Å². The lowest BCUT2D eigenvalue weighted by atomic mass is 10.0. The zero-order valence-corrected chi connectivity index (χ0v) is 13.0. The topological polar surface area (TPSA) is 71.3 Å². The van der Waals surface area contributed by atoms with Crippen LogP contribution in [-0.2, 0) is 16.1 Å². The van der Waals surface area contributed by atoms with Crippen molar-refractivity contribution in [3.8, 4) is 0 Å². The van der Waals surface area contributed by atoms with Crippen LogP contribution < -0.4 is 5.32 Å². The molecule has 0 aliphatic carbocycles. The minimum absolute atomic E-state index is 0.217. The van der Waals surface area contributed by atoms with E-state index < -0.39 is 12.0 Å². The fourth-order valence-corrected chi connectivity index (χ4v) is 2.52. The van der Waals surface area contributed by atoms with E-state index in [9.17, 15) is 9.59 Å². The van der Waals surface area contributed by atoms with Crippen LogP contribution in [0.4, 0.5) is 0 Å². The number of benzene rings is 1. The molecule has 1 unspecified atom stereocenters. The summed E-state index contributed by atoms with van der Waals surface area (Å²) in [5, 5.41) is 12.9. The number of aryl methyl sites for hydroxylation is 1. The van der Waals surface area contributed by atoms with Crippen molar-refractivity contribution < 1.29 is 14.7 Å². The van der Waals surface area contributed by atoms with Crippen LogP contribution in [0.15, 0.2) is 36.5 Å². The Labute approximate surface area is 129 Å². The summed E-state index contributed by atoms with van der Waals surface area (Å²) in [5.41, 5.74) is 1.08. The standard InChI is InChI=1S/C17H22N2O3/c1-12(2)11-14(17(21)22)18-16(20)8-10-19-9-7-13-5-3-4-6-15(13)19/h3-7,9,12,14H,8,10-11H2,1-2H3,(H,18,20)(H,21,22). The summed E-state index contributed by atoms with van der Waals surface area (Å²) in [7, 11) is 0. The Bertz CT molecular complexity index is 661. The number of carboxylic acids is 1. The highest BCUT2D eigenvalue weighted by molar-refractivity contribution is 5.84. The first-order valence-electron chi connectivity index (χ1n) is 7.53. The SMILES string of the molecule is CC(C)CC(NC(=O)CCn1ccc2ccccc21)C(=O)O. The van der Waals surface area contributed by atoms with Gasteiger partial charge in [-0.3, -0.25) is 4.79 Å². The van der Waals surface area contributed by atoms with E-state index in [-0.39, 0.29) is 18.2 Å². The van der Waals surface area contributed by atoms with Gasteiger partial charge in [-0.05, 0) is 29.9 Å². The number of amides is 1. The molecule has 0 fully saturated rings. The normalized spacial score (nSPS) is 12.5. The Morgan fingerprint density at radius 3 is 2.64 bits per heavy atom. The molecule has 22 heavy (non-hydrogen) atoms. The van der Waals surface area contributed by atoms with E-state index in [0.717, 1.165) is 10.9 Å². The van der Waals surface area contributed by atoms with Gasteiger partial charge in [0.25, 0.3) is 0 Å². The highest BCUT2D eigenvalue weighted by Crippen LogP contribution is 2.15. The molecule has 1 aromatic heterocycles. The van der Waals surface area contributed by atoms with Gasteiger partial charge in [0.1, 0.15) is 6.04 Å². The maximum absolute atomic E-state index is 12.0. The van der Waals surface area contributed by atoms with E-state index in [0.29, 0.717) is 13.0 Å². The smallest absolute Gasteiger partial charge is 0.326 e. The maximum Gasteiger partial charge on any atom is 0.326 e. The van der Waals surface area contributed by atoms with Crippen molar-refractivity contribution in [3.05, 3.63) is 36.5 Å². The largest absolute Gasteiger partial charge is 0.480 e. The van der Waals surface area contributed by atoms with Gasteiger partial charge in [-0.1, -0.05) is 32.0 Å². The zero-order chi connectivity index (χ0) is 16.1. The first-order chi connectivity index (χ1) is 10.5. The van der Waals surface area contributed by atoms with Gasteiger partial charge in [0.2, 0.25) is 5.91 Å². The van der Waals surface area contributed by atoms with Gasteiger partial charge >= 0.3 is 5.97 Å². The predicted molar refractivity (Wildman–Crippen MR) is 85.6 cm³/mol. The van der Waals surface area contributed by atoms with E-state index in [1.165, 1.54) is 0 Å². The number of hydrogen-bond donors (Lipinski definition) is 2. The van der Waals surface area contributed by atoms with Crippen LogP contribution in [-0.4, -0.2) is 27.6 Å². The molecule has 0 aliphatic heterocycles. The molecule has 0 aliphatic rings. The van der Waals surface area contributed by atoms with Crippen molar-refractivity contribution in [1.29, 1.82) is 0 Å². The van der Waals surface area contributed by atoms with Gasteiger partial charge in [-0.25, -0.2) is 4.79 Å². The summed E-state index contributed by atoms with van der Waals surface area (Å²) < 4.78 is 2.01. The van der Waals surface area contributed by atoms with Crippen molar-refractivity contribution in [2.45, 2.75) is 39.3 Å². The average Bonchev–Trinajstić information content (AvgIpc) is 2.87. The minimum atomic E-state index is -0.978. The van der Waals surface area contributed by atoms with Crippen molar-refractivity contribution in [2.75, 3.05) is 0 Å². The van der Waals surface area contributed by atoms with E-state index in [2.05, 4.69) is 5.32 Å². The fourth-order valence-electron chi connectivity index (χ4n) is 2.52. The Hall–Kier alpha value is -2.30. The zero-order valence-electron chi connectivity index (χ0n) is 13.0. The van der Waals surface area contributed by atoms with Crippen molar-refractivity contribution in [2.24, 2.45) is 5.92 Å². The van der Waals surface area contributed by atoms with Crippen molar-refractivity contribution in [3.63, 3.8) is 0 Å². The summed E-state index contributed by atoms with van der Waals surface area (Å²) in [5.74, 6) is -0.992. The summed E-state index contributed by atoms with van der Waals surface area (Å²) in [6, 6.07) is 9.16. The predicted octanol–water partition coefficient (Wildman–Crippen LogP) is 2.65. The Morgan fingerprint density at radius 2 is 1.95 bits per heavy atom. The molecular formula is C17H22N2O3. The quantitative estimate of drug-likeness (QED) is 0.826. The Morgan fingerprint density at radius 1 is 1.23 bits per heavy atom. The highest BCUT2D eigenvalue weighted by Gasteiger charge is 2.20. The van der Waals surface area contributed by atoms with Gasteiger partial charge < -0.3 is 15.0 Å². The molecule has 118 valence electrons. The second-order valence-corrected chi connectivity index (χ2v) is 5.91. The monoisotopic (exact) mass is 302 g/mol. The third-order valence-corrected chi connectivity index (χ3v) is 3.60. The number of para-hydroxylation sites is 1. The van der Waals surface area contributed by atoms with Gasteiger partial charge in [0.15, 0.2) is 0 Å². The molecule has 1 aromatic carbocycles. The molecule has 2 rings (SSSR count). The summed E-state index contributed by atoms with van der Waals surface area (Å²) in [6.07, 6.45) is 2.65. The fraction of sp³-hybridized carbons (Fsp3) is 0.412. The lowest BCUT2D eigenvalue weighted by Gasteiger charge is -2.16. The second kappa shape index (κ2) is 7.11. The van der Waals surface area contributed by atoms with E-state index >= 15 is 0 Å². The number of aromatic nitrogens is 1. The number of rotatable bonds is 7. The second-order valence-electron chi connectivity index (χ2n) is 5.91. The molecular weight excluding hydrogens is 280 g/mol. The number of hydrogen-bond acceptors (Lipinski definition) is 2. The van der Waals surface area contributed by atoms with Crippen molar-refractivity contribution >= 4 is 22.8 Å². The highest BCUT2D eigenvalue weighted by atomic mass is 16.4. The van der Waals surface area contributed by atoms with Crippen LogP contribution in [0, 0.1) is 5.92 Å². The molecule has 5 heteroatoms. The summed E-state index contributed by atoms with van der Waals surface area (Å²) >= 11 is 0. The number of aliphatic carboxylic acids is 1. The molecule has 2 aromatic rings. The van der Waals surface area contributed by atoms with Crippen LogP contribution in [0.2, 0.25) is 0 Å². The molecule has 1 heterocycles. The summed E-state index contributed by atoms with van der Waals surface area (Å²) in [6.45, 7) is 4.41. The molecule has 1 atom stereocenters. The number of carboxylic acid groups (broad SMARTS) is 1. The number of nitrogens with zero attached hydrogens (tertiary/aromatic N) is 1. The molecule has 2 N–H and O–H groups in total. The molecule has 0 spiro atoms. The molecule has 5 nitrogen and oxygen atoms in total. The molecule has 1 amide bonds.